The molecule has 6 nitrogen and oxygen atoms in total. The molecule has 0 aliphatic carbocycles. The summed E-state index contributed by atoms with van der Waals surface area (Å²) in [5, 5.41) is 12.1. The Labute approximate surface area is 181 Å². The van der Waals surface area contributed by atoms with Crippen molar-refractivity contribution in [2.45, 2.75) is 20.0 Å². The fourth-order valence-corrected chi connectivity index (χ4v) is 4.04. The molecular weight excluding hydrogens is 399 g/mol. The molecule has 0 aromatic heterocycles. The van der Waals surface area contributed by atoms with Gasteiger partial charge in [-0.25, -0.2) is 4.39 Å². The van der Waals surface area contributed by atoms with Crippen LogP contribution in [0, 0.1) is 5.82 Å². The minimum Gasteiger partial charge on any atom is -0.487 e. The van der Waals surface area contributed by atoms with E-state index < -0.39 is 5.82 Å². The molecule has 2 N–H and O–H groups in total. The van der Waals surface area contributed by atoms with E-state index in [4.69, 9.17) is 9.47 Å². The second-order valence-corrected chi connectivity index (χ2v) is 7.64. The molecule has 2 aromatic rings. The molecule has 0 radical (unpaired) electrons. The van der Waals surface area contributed by atoms with E-state index in [-0.39, 0.29) is 12.5 Å². The first kappa shape index (κ1) is 21.5. The first-order valence-electron chi connectivity index (χ1n) is 10.6. The van der Waals surface area contributed by atoms with Crippen LogP contribution in [0.25, 0.3) is 11.3 Å². The van der Waals surface area contributed by atoms with Gasteiger partial charge in [0.15, 0.2) is 0 Å². The number of rotatable bonds is 9. The molecule has 31 heavy (non-hydrogen) atoms. The molecule has 0 unspecified atom stereocenters. The molecule has 2 aromatic carbocycles. The minimum atomic E-state index is -0.390. The summed E-state index contributed by atoms with van der Waals surface area (Å²) in [5.74, 6) is -0.165. The van der Waals surface area contributed by atoms with Crippen molar-refractivity contribution in [2.75, 3.05) is 44.8 Å². The Balaban J connectivity index is 1.52. The van der Waals surface area contributed by atoms with Gasteiger partial charge in [0.25, 0.3) is 5.91 Å². The molecule has 4 rings (SSSR count). The van der Waals surface area contributed by atoms with Gasteiger partial charge in [0.1, 0.15) is 18.2 Å². The highest BCUT2D eigenvalue weighted by Gasteiger charge is 2.32. The van der Waals surface area contributed by atoms with Crippen molar-refractivity contribution in [1.29, 1.82) is 0 Å². The summed E-state index contributed by atoms with van der Waals surface area (Å²) >= 11 is 0. The Kier molecular flexibility index (Phi) is 6.65. The molecular formula is C24H27FN2O4. The molecule has 2 heterocycles. The van der Waals surface area contributed by atoms with Gasteiger partial charge in [-0.05, 0) is 37.1 Å². The van der Waals surface area contributed by atoms with Crippen LogP contribution in [-0.4, -0.2) is 55.4 Å². The number of hydrogen-bond donors (Lipinski definition) is 2. The average Bonchev–Trinajstić information content (AvgIpc) is 3.31. The summed E-state index contributed by atoms with van der Waals surface area (Å²) in [4.78, 5) is 14.7. The Morgan fingerprint density at radius 1 is 1.16 bits per heavy atom. The van der Waals surface area contributed by atoms with Gasteiger partial charge in [0, 0.05) is 48.6 Å². The molecule has 7 heteroatoms. The first-order chi connectivity index (χ1) is 15.1. The monoisotopic (exact) mass is 426 g/mol. The van der Waals surface area contributed by atoms with Crippen LogP contribution in [0.2, 0.25) is 0 Å². The van der Waals surface area contributed by atoms with E-state index in [0.29, 0.717) is 48.9 Å². The van der Waals surface area contributed by atoms with Crippen molar-refractivity contribution >= 4 is 22.9 Å². The van der Waals surface area contributed by atoms with Gasteiger partial charge in [-0.3, -0.25) is 9.69 Å². The van der Waals surface area contributed by atoms with E-state index in [1.807, 2.05) is 19.1 Å². The van der Waals surface area contributed by atoms with Crippen molar-refractivity contribution in [2.24, 2.45) is 0 Å². The van der Waals surface area contributed by atoms with Crippen molar-refractivity contribution in [3.8, 4) is 0 Å². The molecule has 1 amide bonds. The summed E-state index contributed by atoms with van der Waals surface area (Å²) in [6.07, 6.45) is 0.833. The maximum Gasteiger partial charge on any atom is 0.260 e. The number of benzene rings is 2. The number of aliphatic hydroxyl groups excluding tert-OH is 1. The van der Waals surface area contributed by atoms with Crippen LogP contribution >= 0.6 is 0 Å². The number of amides is 1. The Bertz CT molecular complexity index is 1010. The first-order valence-corrected chi connectivity index (χ1v) is 10.6. The summed E-state index contributed by atoms with van der Waals surface area (Å²) in [6.45, 7) is 6.01. The smallest absolute Gasteiger partial charge is 0.260 e. The van der Waals surface area contributed by atoms with Crippen LogP contribution in [0.3, 0.4) is 0 Å². The topological polar surface area (TPSA) is 71.0 Å². The maximum absolute atomic E-state index is 13.8. The van der Waals surface area contributed by atoms with Crippen molar-refractivity contribution in [3.63, 3.8) is 0 Å². The number of ether oxygens (including phenoxy) is 2. The number of anilines is 1. The fraction of sp³-hybridized carbons (Fsp3) is 0.375. The SMILES string of the molecule is CCOCCN(CCO)CCc1ccc2c(c1)CO/C2=C1/C(=O)Nc2ccc(F)cc21. The quantitative estimate of drug-likeness (QED) is 0.476. The van der Waals surface area contributed by atoms with E-state index in [2.05, 4.69) is 16.3 Å². The van der Waals surface area contributed by atoms with E-state index in [1.165, 1.54) is 12.1 Å². The molecule has 0 fully saturated rings. The second-order valence-electron chi connectivity index (χ2n) is 7.64. The number of carbonyl (C=O) groups is 1. The normalized spacial score (nSPS) is 17.0. The van der Waals surface area contributed by atoms with Crippen LogP contribution in [0.4, 0.5) is 10.1 Å². The molecule has 2 aliphatic rings. The van der Waals surface area contributed by atoms with Crippen molar-refractivity contribution in [3.05, 3.63) is 64.5 Å². The number of hydrogen-bond acceptors (Lipinski definition) is 5. The lowest BCUT2D eigenvalue weighted by molar-refractivity contribution is -0.110. The highest BCUT2D eigenvalue weighted by molar-refractivity contribution is 6.36. The molecule has 2 aliphatic heterocycles. The van der Waals surface area contributed by atoms with E-state index >= 15 is 0 Å². The Morgan fingerprint density at radius 2 is 2.03 bits per heavy atom. The van der Waals surface area contributed by atoms with Gasteiger partial charge >= 0.3 is 0 Å². The standard InChI is InChI=1S/C24H27FN2O4/c1-2-30-12-10-27(9-11-28)8-7-16-3-5-19-17(13-16)15-31-23(19)22-20-14-18(25)4-6-21(20)26-24(22)29/h3-6,13-14,28H,2,7-12,15H2,1H3,(H,26,29)/b23-22+. The largest absolute Gasteiger partial charge is 0.487 e. The molecule has 0 saturated carbocycles. The second kappa shape index (κ2) is 9.60. The zero-order chi connectivity index (χ0) is 21.8. The average molecular weight is 426 g/mol. The minimum absolute atomic E-state index is 0.116. The lowest BCUT2D eigenvalue weighted by Gasteiger charge is -2.21. The maximum atomic E-state index is 13.8. The van der Waals surface area contributed by atoms with Crippen LogP contribution in [0.15, 0.2) is 36.4 Å². The van der Waals surface area contributed by atoms with Crippen LogP contribution in [-0.2, 0) is 27.3 Å². The molecule has 0 spiro atoms. The van der Waals surface area contributed by atoms with Crippen molar-refractivity contribution < 1.29 is 23.8 Å². The lowest BCUT2D eigenvalue weighted by atomic mass is 9.98. The fourth-order valence-electron chi connectivity index (χ4n) is 4.04. The van der Waals surface area contributed by atoms with Crippen LogP contribution in [0.5, 0.6) is 0 Å². The highest BCUT2D eigenvalue weighted by Crippen LogP contribution is 2.41. The van der Waals surface area contributed by atoms with Gasteiger partial charge in [-0.1, -0.05) is 18.2 Å². The highest BCUT2D eigenvalue weighted by atomic mass is 19.1. The zero-order valence-electron chi connectivity index (χ0n) is 17.6. The van der Waals surface area contributed by atoms with Gasteiger partial charge in [0.2, 0.25) is 0 Å². The lowest BCUT2D eigenvalue weighted by Crippen LogP contribution is -2.32. The molecule has 0 atom stereocenters. The Morgan fingerprint density at radius 3 is 2.84 bits per heavy atom. The summed E-state index contributed by atoms with van der Waals surface area (Å²) in [6, 6.07) is 10.4. The molecule has 0 bridgehead atoms. The van der Waals surface area contributed by atoms with Gasteiger partial charge in [0.05, 0.1) is 18.8 Å². The van der Waals surface area contributed by atoms with Gasteiger partial charge < -0.3 is 19.9 Å². The number of aliphatic hydroxyl groups is 1. The third-order valence-electron chi connectivity index (χ3n) is 5.63. The third kappa shape index (κ3) is 4.63. The number of nitrogens with one attached hydrogen (secondary N) is 1. The predicted octanol–water partition coefficient (Wildman–Crippen LogP) is 3.05. The third-order valence-corrected chi connectivity index (χ3v) is 5.63. The number of nitrogens with zero attached hydrogens (tertiary/aromatic N) is 1. The summed E-state index contributed by atoms with van der Waals surface area (Å²) in [7, 11) is 0. The molecule has 0 saturated heterocycles. The van der Waals surface area contributed by atoms with Gasteiger partial charge in [-0.2, -0.15) is 0 Å². The number of carbonyl (C=O) groups excluding carboxylic acids is 1. The summed E-state index contributed by atoms with van der Waals surface area (Å²) < 4.78 is 25.1. The van der Waals surface area contributed by atoms with E-state index in [0.717, 1.165) is 36.2 Å². The summed E-state index contributed by atoms with van der Waals surface area (Å²) in [5.41, 5.74) is 4.56. The van der Waals surface area contributed by atoms with Crippen LogP contribution < -0.4 is 5.32 Å². The van der Waals surface area contributed by atoms with Gasteiger partial charge in [-0.15, -0.1) is 0 Å². The number of halogens is 1. The predicted molar refractivity (Wildman–Crippen MR) is 117 cm³/mol. The van der Waals surface area contributed by atoms with Crippen LogP contribution in [0.1, 0.15) is 29.2 Å². The Hall–Kier alpha value is -2.74. The molecule has 164 valence electrons. The van der Waals surface area contributed by atoms with E-state index in [1.54, 1.807) is 6.07 Å². The number of fused-ring (bicyclic) bond motifs is 2. The van der Waals surface area contributed by atoms with Crippen molar-refractivity contribution in [1.82, 2.24) is 4.90 Å². The zero-order valence-corrected chi connectivity index (χ0v) is 17.6. The van der Waals surface area contributed by atoms with E-state index in [9.17, 15) is 14.3 Å².